The number of hydrogen-bond acceptors (Lipinski definition) is 4. The minimum atomic E-state index is -0.373. The van der Waals surface area contributed by atoms with Crippen LogP contribution in [-0.4, -0.2) is 32.1 Å². The van der Waals surface area contributed by atoms with E-state index in [1.165, 1.54) is 13.2 Å². The number of benzene rings is 1. The Bertz CT molecular complexity index is 578. The molecule has 0 aliphatic heterocycles. The van der Waals surface area contributed by atoms with Gasteiger partial charge in [0.1, 0.15) is 5.84 Å². The first kappa shape index (κ1) is 19.6. The van der Waals surface area contributed by atoms with Gasteiger partial charge in [0.2, 0.25) is 0 Å². The van der Waals surface area contributed by atoms with Crippen LogP contribution in [0.5, 0.6) is 0 Å². The third kappa shape index (κ3) is 8.90. The van der Waals surface area contributed by atoms with Gasteiger partial charge in [0.05, 0.1) is 26.9 Å². The van der Waals surface area contributed by atoms with E-state index in [0.717, 1.165) is 23.4 Å². The summed E-state index contributed by atoms with van der Waals surface area (Å²) >= 11 is 0. The number of esters is 1. The van der Waals surface area contributed by atoms with Crippen LogP contribution in [0.4, 0.5) is 0 Å². The predicted molar refractivity (Wildman–Crippen MR) is 96.7 cm³/mol. The molecule has 1 N–H and O–H groups in total. The summed E-state index contributed by atoms with van der Waals surface area (Å²) in [4.78, 5) is 15.5. The molecule has 0 aliphatic rings. The lowest BCUT2D eigenvalue weighted by Gasteiger charge is -2.06. The second-order valence-electron chi connectivity index (χ2n) is 5.11. The van der Waals surface area contributed by atoms with Gasteiger partial charge in [-0.15, -0.1) is 0 Å². The number of nitrogens with zero attached hydrogens (tertiary/aromatic N) is 1. The first-order valence-corrected chi connectivity index (χ1v) is 8.00. The molecule has 130 valence electrons. The summed E-state index contributed by atoms with van der Waals surface area (Å²) in [6.07, 6.45) is 5.68. The Kier molecular flexibility index (Phi) is 9.88. The van der Waals surface area contributed by atoms with Crippen molar-refractivity contribution in [2.45, 2.75) is 26.9 Å². The van der Waals surface area contributed by atoms with Crippen molar-refractivity contribution >= 4 is 11.8 Å². The molecule has 0 radical (unpaired) electrons. The van der Waals surface area contributed by atoms with E-state index < -0.39 is 0 Å². The van der Waals surface area contributed by atoms with Gasteiger partial charge < -0.3 is 14.8 Å². The van der Waals surface area contributed by atoms with Crippen LogP contribution in [0.25, 0.3) is 0 Å². The highest BCUT2D eigenvalue weighted by atomic mass is 16.5. The van der Waals surface area contributed by atoms with Crippen LogP contribution in [0.1, 0.15) is 25.8 Å². The first-order chi connectivity index (χ1) is 11.7. The van der Waals surface area contributed by atoms with Gasteiger partial charge in [0, 0.05) is 18.7 Å². The van der Waals surface area contributed by atoms with Crippen LogP contribution in [0, 0.1) is 0 Å². The van der Waals surface area contributed by atoms with E-state index in [9.17, 15) is 4.79 Å². The van der Waals surface area contributed by atoms with E-state index in [-0.39, 0.29) is 5.97 Å². The Balaban J connectivity index is 2.33. The van der Waals surface area contributed by atoms with Crippen LogP contribution in [0.3, 0.4) is 0 Å². The van der Waals surface area contributed by atoms with Gasteiger partial charge in [0.15, 0.2) is 0 Å². The minimum Gasteiger partial charge on any atom is -0.466 e. The molecule has 0 saturated heterocycles. The molecule has 0 atom stereocenters. The van der Waals surface area contributed by atoms with Gasteiger partial charge in [-0.3, -0.25) is 4.99 Å². The fourth-order valence-corrected chi connectivity index (χ4v) is 1.78. The van der Waals surface area contributed by atoms with E-state index in [4.69, 9.17) is 4.74 Å². The number of amidine groups is 1. The van der Waals surface area contributed by atoms with Crippen LogP contribution in [0.15, 0.2) is 59.2 Å². The summed E-state index contributed by atoms with van der Waals surface area (Å²) < 4.78 is 10.1. The van der Waals surface area contributed by atoms with E-state index in [1.54, 1.807) is 6.08 Å². The molecule has 0 spiro atoms. The monoisotopic (exact) mass is 330 g/mol. The van der Waals surface area contributed by atoms with Crippen LogP contribution in [-0.2, 0) is 20.9 Å². The van der Waals surface area contributed by atoms with Gasteiger partial charge in [-0.25, -0.2) is 4.79 Å². The van der Waals surface area contributed by atoms with Gasteiger partial charge in [-0.1, -0.05) is 43.3 Å². The fraction of sp³-hybridized carbons (Fsp3) is 0.368. The molecule has 5 heteroatoms. The zero-order valence-corrected chi connectivity index (χ0v) is 14.6. The first-order valence-electron chi connectivity index (χ1n) is 8.00. The molecule has 0 fully saturated rings. The zero-order valence-electron chi connectivity index (χ0n) is 14.6. The fourth-order valence-electron chi connectivity index (χ4n) is 1.78. The standard InChI is InChI=1S/C19H26N2O3/c1-4-18(21-14-16(2)10-11-19(22)23-3)20-12-13-24-15-17-8-6-5-7-9-17/h5-11,14H,4,12-13,15H2,1-3H3,(H,20,21)/b11-10+,16-14+. The van der Waals surface area contributed by atoms with E-state index in [0.29, 0.717) is 19.8 Å². The molecule has 1 aromatic carbocycles. The molecular weight excluding hydrogens is 304 g/mol. The average Bonchev–Trinajstić information content (AvgIpc) is 2.62. The maximum atomic E-state index is 11.0. The van der Waals surface area contributed by atoms with Gasteiger partial charge >= 0.3 is 5.97 Å². The number of rotatable bonds is 9. The second kappa shape index (κ2) is 12.1. The Morgan fingerprint density at radius 1 is 1.25 bits per heavy atom. The molecule has 1 rings (SSSR count). The molecule has 0 amide bonds. The molecule has 0 aromatic heterocycles. The van der Waals surface area contributed by atoms with Gasteiger partial charge in [-0.2, -0.15) is 0 Å². The molecular formula is C19H26N2O3. The largest absolute Gasteiger partial charge is 0.466 e. The van der Waals surface area contributed by atoms with E-state index in [1.807, 2.05) is 50.4 Å². The molecule has 0 heterocycles. The third-order valence-corrected chi connectivity index (χ3v) is 3.13. The SMILES string of the molecule is CCC(=NCCOCc1ccccc1)N/C=C(C)/C=C/C(=O)OC. The minimum absolute atomic E-state index is 0.373. The Hall–Kier alpha value is -2.40. The lowest BCUT2D eigenvalue weighted by Crippen LogP contribution is -2.18. The molecule has 0 unspecified atom stereocenters. The Labute approximate surface area is 144 Å². The van der Waals surface area contributed by atoms with Crippen molar-refractivity contribution < 1.29 is 14.3 Å². The number of carbonyl (C=O) groups excluding carboxylic acids is 1. The van der Waals surface area contributed by atoms with E-state index >= 15 is 0 Å². The number of hydrogen-bond donors (Lipinski definition) is 1. The summed E-state index contributed by atoms with van der Waals surface area (Å²) in [6.45, 7) is 5.70. The van der Waals surface area contributed by atoms with Crippen molar-refractivity contribution in [3.63, 3.8) is 0 Å². The highest BCUT2D eigenvalue weighted by Crippen LogP contribution is 2.00. The summed E-state index contributed by atoms with van der Waals surface area (Å²) in [5.41, 5.74) is 2.06. The smallest absolute Gasteiger partial charge is 0.330 e. The highest BCUT2D eigenvalue weighted by Gasteiger charge is 1.95. The number of methoxy groups -OCH3 is 1. The molecule has 0 aliphatic carbocycles. The molecule has 1 aromatic rings. The lowest BCUT2D eigenvalue weighted by atomic mass is 10.2. The van der Waals surface area contributed by atoms with Crippen LogP contribution < -0.4 is 5.32 Å². The number of aliphatic imine (C=N–C) groups is 1. The van der Waals surface area contributed by atoms with Crippen molar-refractivity contribution in [2.75, 3.05) is 20.3 Å². The zero-order chi connectivity index (χ0) is 17.6. The Morgan fingerprint density at radius 2 is 2.00 bits per heavy atom. The van der Waals surface area contributed by atoms with Crippen molar-refractivity contribution in [1.29, 1.82) is 0 Å². The number of nitrogens with one attached hydrogen (secondary N) is 1. The summed E-state index contributed by atoms with van der Waals surface area (Å²) in [5.74, 6) is 0.506. The topological polar surface area (TPSA) is 59.9 Å². The quantitative estimate of drug-likeness (QED) is 0.189. The maximum absolute atomic E-state index is 11.0. The number of carbonyl (C=O) groups is 1. The third-order valence-electron chi connectivity index (χ3n) is 3.13. The molecule has 0 bridgehead atoms. The van der Waals surface area contributed by atoms with Crippen LogP contribution >= 0.6 is 0 Å². The number of ether oxygens (including phenoxy) is 2. The highest BCUT2D eigenvalue weighted by molar-refractivity contribution is 5.83. The molecule has 24 heavy (non-hydrogen) atoms. The predicted octanol–water partition coefficient (Wildman–Crippen LogP) is 3.23. The normalized spacial score (nSPS) is 12.5. The summed E-state index contributed by atoms with van der Waals surface area (Å²) in [5, 5.41) is 3.15. The van der Waals surface area contributed by atoms with Crippen molar-refractivity contribution in [3.8, 4) is 0 Å². The maximum Gasteiger partial charge on any atom is 0.330 e. The summed E-state index contributed by atoms with van der Waals surface area (Å²) in [7, 11) is 1.35. The number of allylic oxidation sites excluding steroid dienone is 2. The summed E-state index contributed by atoms with van der Waals surface area (Å²) in [6, 6.07) is 10.1. The van der Waals surface area contributed by atoms with Crippen molar-refractivity contribution in [1.82, 2.24) is 5.32 Å². The van der Waals surface area contributed by atoms with Gasteiger partial charge in [0.25, 0.3) is 0 Å². The average molecular weight is 330 g/mol. The van der Waals surface area contributed by atoms with Gasteiger partial charge in [-0.05, 0) is 18.1 Å². The molecule has 0 saturated carbocycles. The van der Waals surface area contributed by atoms with E-state index in [2.05, 4.69) is 15.0 Å². The Morgan fingerprint density at radius 3 is 2.67 bits per heavy atom. The second-order valence-corrected chi connectivity index (χ2v) is 5.11. The lowest BCUT2D eigenvalue weighted by molar-refractivity contribution is -0.134. The molecule has 5 nitrogen and oxygen atoms in total. The van der Waals surface area contributed by atoms with Crippen molar-refractivity contribution in [2.24, 2.45) is 4.99 Å². The van der Waals surface area contributed by atoms with Crippen LogP contribution in [0.2, 0.25) is 0 Å². The van der Waals surface area contributed by atoms with Crippen molar-refractivity contribution in [3.05, 3.63) is 59.8 Å².